The Morgan fingerprint density at radius 1 is 0.968 bits per heavy atom. The molecular weight excluding hydrogens is 390 g/mol. The van der Waals surface area contributed by atoms with Gasteiger partial charge in [-0.3, -0.25) is 14.5 Å². The van der Waals surface area contributed by atoms with Gasteiger partial charge in [-0.05, 0) is 36.5 Å². The van der Waals surface area contributed by atoms with Crippen LogP contribution in [0.15, 0.2) is 53.7 Å². The summed E-state index contributed by atoms with van der Waals surface area (Å²) in [5.74, 6) is 0.924. The Labute approximate surface area is 183 Å². The second kappa shape index (κ2) is 7.88. The number of amides is 1. The number of carbonyl (C=O) groups is 2. The molecule has 5 heteroatoms. The summed E-state index contributed by atoms with van der Waals surface area (Å²) in [6.07, 6.45) is 1.34. The normalized spacial score (nSPS) is 20.5. The Kier molecular flexibility index (Phi) is 5.38. The molecule has 1 atom stereocenters. The van der Waals surface area contributed by atoms with E-state index >= 15 is 0 Å². The average Bonchev–Trinajstić information content (AvgIpc) is 2.72. The van der Waals surface area contributed by atoms with Gasteiger partial charge in [0.15, 0.2) is 17.3 Å². The van der Waals surface area contributed by atoms with Gasteiger partial charge in [0.1, 0.15) is 0 Å². The molecule has 0 saturated carbocycles. The molecule has 0 aromatic heterocycles. The predicted octanol–water partition coefficient (Wildman–Crippen LogP) is 5.18. The zero-order valence-electron chi connectivity index (χ0n) is 18.8. The summed E-state index contributed by atoms with van der Waals surface area (Å²) in [6.45, 7) is 6.17. The van der Waals surface area contributed by atoms with Crippen LogP contribution in [-0.2, 0) is 9.59 Å². The SMILES string of the molecule is COc1cccc([C@@H]2CC(=O)N(c3ccccc3C)C3=C2C(=O)CC(C)(C)C3)c1OC. The summed E-state index contributed by atoms with van der Waals surface area (Å²) in [5.41, 5.74) is 4.02. The van der Waals surface area contributed by atoms with Gasteiger partial charge < -0.3 is 9.47 Å². The standard InChI is InChI=1S/C26H29NO4/c1-16-9-6-7-11-19(16)27-20-14-26(2,3)15-21(28)24(20)18(13-23(27)29)17-10-8-12-22(30-4)25(17)31-5/h6-12,18H,13-15H2,1-5H3/t18-/m0/s1. The number of hydrogen-bond donors (Lipinski definition) is 0. The third-order valence-electron chi connectivity index (χ3n) is 6.31. The van der Waals surface area contributed by atoms with Crippen LogP contribution in [0, 0.1) is 12.3 Å². The number of rotatable bonds is 4. The van der Waals surface area contributed by atoms with Crippen LogP contribution in [0.3, 0.4) is 0 Å². The van der Waals surface area contributed by atoms with Crippen LogP contribution in [0.1, 0.15) is 50.2 Å². The molecule has 0 unspecified atom stereocenters. The maximum absolute atomic E-state index is 13.6. The third kappa shape index (κ3) is 3.62. The Hall–Kier alpha value is -3.08. The van der Waals surface area contributed by atoms with Crippen molar-refractivity contribution in [3.63, 3.8) is 0 Å². The number of nitrogens with zero attached hydrogens (tertiary/aromatic N) is 1. The van der Waals surface area contributed by atoms with Gasteiger partial charge in [0.2, 0.25) is 5.91 Å². The Morgan fingerprint density at radius 2 is 1.71 bits per heavy atom. The van der Waals surface area contributed by atoms with Crippen molar-refractivity contribution in [2.45, 2.75) is 46.0 Å². The first-order chi connectivity index (χ1) is 14.8. The largest absolute Gasteiger partial charge is 0.493 e. The van der Waals surface area contributed by atoms with Gasteiger partial charge in [-0.1, -0.05) is 44.2 Å². The summed E-state index contributed by atoms with van der Waals surface area (Å²) in [7, 11) is 3.18. The van der Waals surface area contributed by atoms with Crippen molar-refractivity contribution in [1.29, 1.82) is 0 Å². The average molecular weight is 420 g/mol. The van der Waals surface area contributed by atoms with Gasteiger partial charge in [0.25, 0.3) is 0 Å². The molecule has 162 valence electrons. The van der Waals surface area contributed by atoms with Crippen LogP contribution in [-0.4, -0.2) is 25.9 Å². The van der Waals surface area contributed by atoms with Crippen LogP contribution in [0.5, 0.6) is 11.5 Å². The highest BCUT2D eigenvalue weighted by Crippen LogP contribution is 2.50. The van der Waals surface area contributed by atoms with Crippen LogP contribution in [0.25, 0.3) is 0 Å². The molecular formula is C26H29NO4. The Balaban J connectivity index is 1.95. The first kappa shape index (κ1) is 21.2. The van der Waals surface area contributed by atoms with E-state index in [0.717, 1.165) is 28.1 Å². The number of hydrogen-bond acceptors (Lipinski definition) is 4. The summed E-state index contributed by atoms with van der Waals surface area (Å²) in [4.78, 5) is 28.8. The Bertz CT molecular complexity index is 1080. The Morgan fingerprint density at radius 3 is 2.39 bits per heavy atom. The lowest BCUT2D eigenvalue weighted by Gasteiger charge is -2.43. The van der Waals surface area contributed by atoms with Gasteiger partial charge in [0.05, 0.1) is 19.9 Å². The first-order valence-electron chi connectivity index (χ1n) is 10.6. The van der Waals surface area contributed by atoms with Crippen molar-refractivity contribution >= 4 is 17.4 Å². The van der Waals surface area contributed by atoms with E-state index in [1.165, 1.54) is 0 Å². The number of para-hydroxylation sites is 2. The number of anilines is 1. The van der Waals surface area contributed by atoms with Crippen molar-refractivity contribution in [1.82, 2.24) is 0 Å². The molecule has 1 heterocycles. The molecule has 1 aliphatic heterocycles. The van der Waals surface area contributed by atoms with Crippen molar-refractivity contribution in [3.05, 3.63) is 64.9 Å². The van der Waals surface area contributed by atoms with Crippen LogP contribution in [0.4, 0.5) is 5.69 Å². The van der Waals surface area contributed by atoms with E-state index in [9.17, 15) is 9.59 Å². The number of ether oxygens (including phenoxy) is 2. The fraction of sp³-hybridized carbons (Fsp3) is 0.385. The van der Waals surface area contributed by atoms with Gasteiger partial charge >= 0.3 is 0 Å². The minimum Gasteiger partial charge on any atom is -0.493 e. The van der Waals surface area contributed by atoms with Gasteiger partial charge in [-0.15, -0.1) is 0 Å². The second-order valence-electron chi connectivity index (χ2n) is 9.16. The smallest absolute Gasteiger partial charge is 0.232 e. The number of methoxy groups -OCH3 is 2. The highest BCUT2D eigenvalue weighted by Gasteiger charge is 2.45. The monoisotopic (exact) mass is 419 g/mol. The quantitative estimate of drug-likeness (QED) is 0.686. The molecule has 5 nitrogen and oxygen atoms in total. The van der Waals surface area contributed by atoms with E-state index in [0.29, 0.717) is 24.3 Å². The molecule has 2 aromatic carbocycles. The fourth-order valence-electron chi connectivity index (χ4n) is 4.96. The highest BCUT2D eigenvalue weighted by atomic mass is 16.5. The predicted molar refractivity (Wildman–Crippen MR) is 121 cm³/mol. The van der Waals surface area contributed by atoms with Crippen molar-refractivity contribution < 1.29 is 19.1 Å². The van der Waals surface area contributed by atoms with E-state index in [1.54, 1.807) is 19.1 Å². The van der Waals surface area contributed by atoms with Crippen LogP contribution < -0.4 is 14.4 Å². The zero-order valence-corrected chi connectivity index (χ0v) is 18.8. The van der Waals surface area contributed by atoms with Crippen LogP contribution >= 0.6 is 0 Å². The van der Waals surface area contributed by atoms with E-state index in [2.05, 4.69) is 13.8 Å². The number of aryl methyl sites for hydroxylation is 1. The maximum Gasteiger partial charge on any atom is 0.232 e. The summed E-state index contributed by atoms with van der Waals surface area (Å²) in [5, 5.41) is 0. The van der Waals surface area contributed by atoms with Crippen molar-refractivity contribution in [3.8, 4) is 11.5 Å². The zero-order chi connectivity index (χ0) is 22.3. The van der Waals surface area contributed by atoms with E-state index in [1.807, 2.05) is 49.4 Å². The molecule has 4 rings (SSSR count). The second-order valence-corrected chi connectivity index (χ2v) is 9.16. The van der Waals surface area contributed by atoms with Crippen molar-refractivity contribution in [2.24, 2.45) is 5.41 Å². The maximum atomic E-state index is 13.6. The van der Waals surface area contributed by atoms with E-state index in [4.69, 9.17) is 9.47 Å². The first-order valence-corrected chi connectivity index (χ1v) is 10.6. The lowest BCUT2D eigenvalue weighted by atomic mass is 9.69. The molecule has 1 amide bonds. The number of Topliss-reactive ketones (excluding diaryl/α,β-unsaturated/α-hetero) is 1. The van der Waals surface area contributed by atoms with Crippen LogP contribution in [0.2, 0.25) is 0 Å². The molecule has 2 aliphatic rings. The third-order valence-corrected chi connectivity index (χ3v) is 6.31. The summed E-state index contributed by atoms with van der Waals surface area (Å²) < 4.78 is 11.1. The molecule has 0 spiro atoms. The summed E-state index contributed by atoms with van der Waals surface area (Å²) in [6, 6.07) is 13.5. The van der Waals surface area contributed by atoms with Gasteiger partial charge in [-0.25, -0.2) is 0 Å². The number of ketones is 1. The summed E-state index contributed by atoms with van der Waals surface area (Å²) >= 11 is 0. The van der Waals surface area contributed by atoms with E-state index in [-0.39, 0.29) is 29.4 Å². The highest BCUT2D eigenvalue weighted by molar-refractivity contribution is 6.08. The fourth-order valence-corrected chi connectivity index (χ4v) is 4.96. The lowest BCUT2D eigenvalue weighted by molar-refractivity contribution is -0.121. The van der Waals surface area contributed by atoms with E-state index < -0.39 is 0 Å². The lowest BCUT2D eigenvalue weighted by Crippen LogP contribution is -2.44. The van der Waals surface area contributed by atoms with Gasteiger partial charge in [-0.2, -0.15) is 0 Å². The van der Waals surface area contributed by atoms with Gasteiger partial charge in [0, 0.05) is 35.6 Å². The number of allylic oxidation sites excluding steroid dienone is 2. The molecule has 0 bridgehead atoms. The molecule has 31 heavy (non-hydrogen) atoms. The topological polar surface area (TPSA) is 55.8 Å². The molecule has 2 aromatic rings. The number of carbonyl (C=O) groups excluding carboxylic acids is 2. The molecule has 0 radical (unpaired) electrons. The van der Waals surface area contributed by atoms with Crippen molar-refractivity contribution in [2.75, 3.05) is 19.1 Å². The number of benzene rings is 2. The molecule has 0 fully saturated rings. The minimum atomic E-state index is -0.351. The minimum absolute atomic E-state index is 0.00609. The molecule has 1 aliphatic carbocycles. The molecule has 0 N–H and O–H groups in total. The molecule has 0 saturated heterocycles.